The van der Waals surface area contributed by atoms with Crippen LogP contribution in [0.15, 0.2) is 18.2 Å². The largest absolute Gasteiger partial charge is 0.348 e. The van der Waals surface area contributed by atoms with Gasteiger partial charge in [0, 0.05) is 18.2 Å². The van der Waals surface area contributed by atoms with Crippen LogP contribution in [-0.4, -0.2) is 36.5 Å². The van der Waals surface area contributed by atoms with Gasteiger partial charge in [0.05, 0.1) is 5.69 Å². The summed E-state index contributed by atoms with van der Waals surface area (Å²) < 4.78 is 0. The van der Waals surface area contributed by atoms with Gasteiger partial charge in [-0.1, -0.05) is 0 Å². The maximum absolute atomic E-state index is 12.4. The lowest BCUT2D eigenvalue weighted by molar-refractivity contribution is 0.0620. The van der Waals surface area contributed by atoms with Gasteiger partial charge in [0.2, 0.25) is 0 Å². The van der Waals surface area contributed by atoms with Crippen LogP contribution in [-0.2, 0) is 0 Å². The van der Waals surface area contributed by atoms with Gasteiger partial charge in [-0.2, -0.15) is 0 Å². The zero-order valence-electron chi connectivity index (χ0n) is 11.9. The van der Waals surface area contributed by atoms with E-state index in [0.29, 0.717) is 17.5 Å². The van der Waals surface area contributed by atoms with E-state index >= 15 is 0 Å². The highest BCUT2D eigenvalue weighted by molar-refractivity contribution is 5.95. The van der Waals surface area contributed by atoms with Gasteiger partial charge in [-0.05, 0) is 62.5 Å². The fourth-order valence-electron chi connectivity index (χ4n) is 3.35. The Labute approximate surface area is 119 Å². The predicted octanol–water partition coefficient (Wildman–Crippen LogP) is 1.10. The molecule has 1 atom stereocenters. The van der Waals surface area contributed by atoms with Crippen LogP contribution in [0.2, 0.25) is 0 Å². The first kappa shape index (κ1) is 13.4. The van der Waals surface area contributed by atoms with E-state index in [-0.39, 0.29) is 5.91 Å². The topological polar surface area (TPSA) is 70.4 Å². The van der Waals surface area contributed by atoms with Gasteiger partial charge in [0.15, 0.2) is 0 Å². The Kier molecular flexibility index (Phi) is 3.63. The molecule has 1 unspecified atom stereocenters. The predicted molar refractivity (Wildman–Crippen MR) is 79.4 cm³/mol. The molecule has 108 valence electrons. The molecule has 3 aliphatic heterocycles. The van der Waals surface area contributed by atoms with E-state index in [1.54, 1.807) is 0 Å². The van der Waals surface area contributed by atoms with Gasteiger partial charge in [-0.25, -0.2) is 0 Å². The molecule has 4 rings (SSSR count). The fraction of sp³-hybridized carbons (Fsp3) is 0.533. The van der Waals surface area contributed by atoms with Crippen molar-refractivity contribution in [1.29, 1.82) is 0 Å². The normalized spacial score (nSPS) is 28.2. The zero-order chi connectivity index (χ0) is 14.1. The number of hydrazine groups is 1. The molecule has 5 nitrogen and oxygen atoms in total. The van der Waals surface area contributed by atoms with Crippen molar-refractivity contribution in [3.8, 4) is 0 Å². The second kappa shape index (κ2) is 5.42. The van der Waals surface area contributed by atoms with E-state index in [2.05, 4.69) is 15.6 Å². The quantitative estimate of drug-likeness (QED) is 0.570. The molecule has 0 aromatic heterocycles. The number of nitrogens with zero attached hydrogens (tertiary/aromatic N) is 1. The third-order valence-corrected chi connectivity index (χ3v) is 4.62. The van der Waals surface area contributed by atoms with E-state index < -0.39 is 0 Å². The molecule has 5 heteroatoms. The van der Waals surface area contributed by atoms with Crippen LogP contribution in [0.4, 0.5) is 5.69 Å². The Bertz CT molecular complexity index is 509. The Balaban J connectivity index is 1.68. The van der Waals surface area contributed by atoms with Gasteiger partial charge < -0.3 is 15.6 Å². The number of benzene rings is 1. The summed E-state index contributed by atoms with van der Waals surface area (Å²) in [6, 6.07) is 5.85. The Morgan fingerprint density at radius 1 is 1.35 bits per heavy atom. The van der Waals surface area contributed by atoms with Crippen molar-refractivity contribution in [1.82, 2.24) is 10.2 Å². The summed E-state index contributed by atoms with van der Waals surface area (Å²) in [4.78, 5) is 14.8. The number of anilines is 1. The standard InChI is InChI=1S/C15H22N4O/c1-10-8-12(2-3-13(10)18-16)15(20)17-14-9-19-6-4-11(14)5-7-19/h2-3,8,11,14,18H,4-7,9,16H2,1H3,(H,17,20). The van der Waals surface area contributed by atoms with Gasteiger partial charge in [-0.15, -0.1) is 0 Å². The zero-order valence-corrected chi connectivity index (χ0v) is 11.9. The summed E-state index contributed by atoms with van der Waals surface area (Å²) in [5.41, 5.74) is 5.16. The SMILES string of the molecule is Cc1cc(C(=O)NC2CN3CCC2CC3)ccc1NN. The van der Waals surface area contributed by atoms with Crippen LogP contribution in [0.3, 0.4) is 0 Å². The van der Waals surface area contributed by atoms with E-state index in [1.165, 1.54) is 25.9 Å². The second-order valence-corrected chi connectivity index (χ2v) is 5.89. The smallest absolute Gasteiger partial charge is 0.251 e. The summed E-state index contributed by atoms with van der Waals surface area (Å²) in [6.07, 6.45) is 2.42. The number of rotatable bonds is 3. The van der Waals surface area contributed by atoms with Crippen LogP contribution >= 0.6 is 0 Å². The van der Waals surface area contributed by atoms with Crippen molar-refractivity contribution < 1.29 is 4.79 Å². The number of nitrogens with one attached hydrogen (secondary N) is 2. The summed E-state index contributed by atoms with van der Waals surface area (Å²) in [5.74, 6) is 6.08. The number of hydrogen-bond acceptors (Lipinski definition) is 4. The average Bonchev–Trinajstić information content (AvgIpc) is 2.48. The van der Waals surface area contributed by atoms with E-state index in [0.717, 1.165) is 17.8 Å². The number of carbonyl (C=O) groups is 1. The van der Waals surface area contributed by atoms with Gasteiger partial charge in [0.25, 0.3) is 5.91 Å². The summed E-state index contributed by atoms with van der Waals surface area (Å²) in [6.45, 7) is 5.32. The van der Waals surface area contributed by atoms with E-state index in [9.17, 15) is 4.79 Å². The number of nitrogens with two attached hydrogens (primary N) is 1. The lowest BCUT2D eigenvalue weighted by Gasteiger charge is -2.44. The average molecular weight is 274 g/mol. The highest BCUT2D eigenvalue weighted by atomic mass is 16.1. The summed E-state index contributed by atoms with van der Waals surface area (Å²) >= 11 is 0. The highest BCUT2D eigenvalue weighted by Crippen LogP contribution is 2.27. The number of hydrogen-bond donors (Lipinski definition) is 3. The van der Waals surface area contributed by atoms with Crippen LogP contribution in [0.25, 0.3) is 0 Å². The van der Waals surface area contributed by atoms with Gasteiger partial charge >= 0.3 is 0 Å². The molecule has 0 aliphatic carbocycles. The van der Waals surface area contributed by atoms with Crippen LogP contribution in [0.1, 0.15) is 28.8 Å². The Morgan fingerprint density at radius 3 is 2.65 bits per heavy atom. The monoisotopic (exact) mass is 274 g/mol. The first-order valence-corrected chi connectivity index (χ1v) is 7.28. The first-order chi connectivity index (χ1) is 9.67. The number of carbonyl (C=O) groups excluding carboxylic acids is 1. The van der Waals surface area contributed by atoms with E-state index in [1.807, 2.05) is 25.1 Å². The van der Waals surface area contributed by atoms with Crippen molar-refractivity contribution in [3.63, 3.8) is 0 Å². The second-order valence-electron chi connectivity index (χ2n) is 5.89. The van der Waals surface area contributed by atoms with Crippen molar-refractivity contribution in [2.24, 2.45) is 11.8 Å². The molecule has 4 N–H and O–H groups in total. The molecule has 3 fully saturated rings. The minimum absolute atomic E-state index is 0.0235. The van der Waals surface area contributed by atoms with Crippen molar-refractivity contribution >= 4 is 11.6 Å². The molecule has 0 radical (unpaired) electrons. The fourth-order valence-corrected chi connectivity index (χ4v) is 3.35. The minimum Gasteiger partial charge on any atom is -0.348 e. The number of fused-ring (bicyclic) bond motifs is 3. The number of aryl methyl sites for hydroxylation is 1. The molecule has 1 amide bonds. The third-order valence-electron chi connectivity index (χ3n) is 4.62. The molecular weight excluding hydrogens is 252 g/mol. The van der Waals surface area contributed by atoms with Crippen molar-refractivity contribution in [2.45, 2.75) is 25.8 Å². The van der Waals surface area contributed by atoms with Crippen molar-refractivity contribution in [3.05, 3.63) is 29.3 Å². The molecule has 1 aromatic rings. The molecule has 1 aromatic carbocycles. The van der Waals surface area contributed by atoms with Crippen molar-refractivity contribution in [2.75, 3.05) is 25.1 Å². The number of nitrogen functional groups attached to an aromatic ring is 1. The maximum atomic E-state index is 12.4. The molecule has 20 heavy (non-hydrogen) atoms. The lowest BCUT2D eigenvalue weighted by atomic mass is 9.84. The molecule has 0 spiro atoms. The lowest BCUT2D eigenvalue weighted by Crippen LogP contribution is -2.57. The third kappa shape index (κ3) is 2.51. The van der Waals surface area contributed by atoms with Crippen LogP contribution in [0, 0.1) is 12.8 Å². The Morgan fingerprint density at radius 2 is 2.10 bits per heavy atom. The maximum Gasteiger partial charge on any atom is 0.251 e. The molecular formula is C15H22N4O. The van der Waals surface area contributed by atoms with E-state index in [4.69, 9.17) is 5.84 Å². The minimum atomic E-state index is 0.0235. The van der Waals surface area contributed by atoms with Gasteiger partial charge in [0.1, 0.15) is 0 Å². The molecule has 3 heterocycles. The molecule has 0 saturated carbocycles. The summed E-state index contributed by atoms with van der Waals surface area (Å²) in [5, 5.41) is 3.20. The van der Waals surface area contributed by atoms with Crippen LogP contribution in [0.5, 0.6) is 0 Å². The van der Waals surface area contributed by atoms with Gasteiger partial charge in [-0.3, -0.25) is 10.6 Å². The number of amides is 1. The van der Waals surface area contributed by atoms with Crippen LogP contribution < -0.4 is 16.6 Å². The molecule has 3 aliphatic rings. The summed E-state index contributed by atoms with van der Waals surface area (Å²) in [7, 11) is 0. The molecule has 3 saturated heterocycles. The Hall–Kier alpha value is -1.59. The number of piperidine rings is 3. The first-order valence-electron chi connectivity index (χ1n) is 7.28. The molecule has 2 bridgehead atoms. The highest BCUT2D eigenvalue weighted by Gasteiger charge is 2.34.